The summed E-state index contributed by atoms with van der Waals surface area (Å²) in [5.74, 6) is 0.352. The molecule has 2 aliphatic rings. The van der Waals surface area contributed by atoms with Crippen LogP contribution in [-0.4, -0.2) is 106 Å². The van der Waals surface area contributed by atoms with Crippen LogP contribution in [0.25, 0.3) is 5.52 Å². The number of fused-ring (bicyclic) bond motifs is 1. The standard InChI is InChI=1S/C18H28N6O4/c1-22(2)7-11-9-27-6-5-23(11)8-14-15(25)16(26)17(28-14)12-3-4-13-18(19)20-10-21-24(12)13/h3-4,10-11,14-17,25-26H,5-9H2,1-2H3,(H2,19,20,21)/t11-,14?,15-,16-,17+/m1/s1. The van der Waals surface area contributed by atoms with Gasteiger partial charge in [-0.05, 0) is 26.2 Å². The van der Waals surface area contributed by atoms with Crippen LogP contribution in [0.5, 0.6) is 0 Å². The van der Waals surface area contributed by atoms with Crippen molar-refractivity contribution in [1.29, 1.82) is 0 Å². The van der Waals surface area contributed by atoms with Crippen LogP contribution >= 0.6 is 0 Å². The first-order valence-corrected chi connectivity index (χ1v) is 9.52. The largest absolute Gasteiger partial charge is 0.388 e. The van der Waals surface area contributed by atoms with Gasteiger partial charge in [-0.3, -0.25) is 4.90 Å². The molecule has 0 aromatic carbocycles. The Hall–Kier alpha value is -1.82. The van der Waals surface area contributed by atoms with E-state index in [0.29, 0.717) is 36.8 Å². The van der Waals surface area contributed by atoms with Gasteiger partial charge >= 0.3 is 0 Å². The number of hydrogen-bond donors (Lipinski definition) is 3. The first-order valence-electron chi connectivity index (χ1n) is 9.52. The third-order valence-corrected chi connectivity index (χ3v) is 5.50. The normalized spacial score (nSPS) is 31.8. The van der Waals surface area contributed by atoms with Crippen molar-refractivity contribution in [3.8, 4) is 0 Å². The highest BCUT2D eigenvalue weighted by Gasteiger charge is 2.45. The van der Waals surface area contributed by atoms with Crippen LogP contribution in [0, 0.1) is 0 Å². The first kappa shape index (κ1) is 19.5. The summed E-state index contributed by atoms with van der Waals surface area (Å²) >= 11 is 0. The maximum absolute atomic E-state index is 10.7. The summed E-state index contributed by atoms with van der Waals surface area (Å²) in [7, 11) is 4.05. The second kappa shape index (κ2) is 7.90. The molecule has 0 spiro atoms. The Bertz CT molecular complexity index is 814. The Labute approximate surface area is 163 Å². The molecule has 0 aliphatic carbocycles. The number of nitrogens with zero attached hydrogens (tertiary/aromatic N) is 5. The lowest BCUT2D eigenvalue weighted by atomic mass is 10.0. The summed E-state index contributed by atoms with van der Waals surface area (Å²) in [6.45, 7) is 3.44. The van der Waals surface area contributed by atoms with Crippen LogP contribution in [-0.2, 0) is 9.47 Å². The van der Waals surface area contributed by atoms with Crippen molar-refractivity contribution in [3.05, 3.63) is 24.2 Å². The summed E-state index contributed by atoms with van der Waals surface area (Å²) in [5.41, 5.74) is 7.18. The Morgan fingerprint density at radius 2 is 2.11 bits per heavy atom. The lowest BCUT2D eigenvalue weighted by molar-refractivity contribution is -0.0616. The van der Waals surface area contributed by atoms with E-state index >= 15 is 0 Å². The van der Waals surface area contributed by atoms with Crippen molar-refractivity contribution in [3.63, 3.8) is 0 Å². The molecule has 0 bridgehead atoms. The highest BCUT2D eigenvalue weighted by molar-refractivity contribution is 5.65. The van der Waals surface area contributed by atoms with Gasteiger partial charge in [-0.2, -0.15) is 5.10 Å². The Kier molecular flexibility index (Phi) is 5.50. The number of rotatable bonds is 5. The van der Waals surface area contributed by atoms with Gasteiger partial charge in [0.25, 0.3) is 0 Å². The van der Waals surface area contributed by atoms with Crippen LogP contribution in [0.15, 0.2) is 18.5 Å². The zero-order valence-corrected chi connectivity index (χ0v) is 16.2. The number of aromatic nitrogens is 3. The fourth-order valence-corrected chi connectivity index (χ4v) is 4.08. The summed E-state index contributed by atoms with van der Waals surface area (Å²) in [6.07, 6.45) is -1.87. The Morgan fingerprint density at radius 1 is 1.29 bits per heavy atom. The van der Waals surface area contributed by atoms with Crippen LogP contribution in [0.3, 0.4) is 0 Å². The minimum absolute atomic E-state index is 0.220. The van der Waals surface area contributed by atoms with Crippen molar-refractivity contribution in [2.75, 3.05) is 52.7 Å². The van der Waals surface area contributed by atoms with E-state index in [1.54, 1.807) is 16.6 Å². The SMILES string of the molecule is CN(C)C[C@@H]1COCCN1CC1O[C@@H](c2ccc3c(N)ncnn23)[C@H](O)[C@@H]1O. The van der Waals surface area contributed by atoms with E-state index < -0.39 is 24.4 Å². The monoisotopic (exact) mass is 392 g/mol. The molecule has 28 heavy (non-hydrogen) atoms. The van der Waals surface area contributed by atoms with Gasteiger partial charge in [-0.25, -0.2) is 9.50 Å². The van der Waals surface area contributed by atoms with Gasteiger partial charge in [-0.1, -0.05) is 0 Å². The van der Waals surface area contributed by atoms with E-state index in [-0.39, 0.29) is 6.04 Å². The van der Waals surface area contributed by atoms with E-state index in [1.807, 2.05) is 14.1 Å². The van der Waals surface area contributed by atoms with E-state index in [0.717, 1.165) is 13.1 Å². The number of nitrogens with two attached hydrogens (primary N) is 1. The number of aliphatic hydroxyl groups is 2. The molecule has 4 rings (SSSR count). The number of likely N-dealkylation sites (N-methyl/N-ethyl adjacent to an activating group) is 1. The predicted octanol–water partition coefficient (Wildman–Crippen LogP) is -1.26. The van der Waals surface area contributed by atoms with Gasteiger partial charge in [0.1, 0.15) is 30.2 Å². The molecule has 10 heteroatoms. The molecule has 0 radical (unpaired) electrons. The molecule has 2 aliphatic heterocycles. The molecule has 10 nitrogen and oxygen atoms in total. The number of aliphatic hydroxyl groups excluding tert-OH is 2. The molecular formula is C18H28N6O4. The molecule has 4 N–H and O–H groups in total. The average molecular weight is 392 g/mol. The third kappa shape index (κ3) is 3.59. The lowest BCUT2D eigenvalue weighted by Gasteiger charge is -2.38. The van der Waals surface area contributed by atoms with E-state index in [9.17, 15) is 10.2 Å². The van der Waals surface area contributed by atoms with E-state index in [1.165, 1.54) is 6.33 Å². The summed E-state index contributed by atoms with van der Waals surface area (Å²) in [5, 5.41) is 25.5. The second-order valence-electron chi connectivity index (χ2n) is 7.76. The van der Waals surface area contributed by atoms with Crippen LogP contribution in [0.4, 0.5) is 5.82 Å². The fourth-order valence-electron chi connectivity index (χ4n) is 4.08. The van der Waals surface area contributed by atoms with Crippen molar-refractivity contribution < 1.29 is 19.7 Å². The highest BCUT2D eigenvalue weighted by Crippen LogP contribution is 2.35. The maximum Gasteiger partial charge on any atom is 0.151 e. The number of ether oxygens (including phenoxy) is 2. The van der Waals surface area contributed by atoms with Crippen molar-refractivity contribution in [2.24, 2.45) is 0 Å². The van der Waals surface area contributed by atoms with E-state index in [4.69, 9.17) is 15.2 Å². The highest BCUT2D eigenvalue weighted by atomic mass is 16.5. The number of nitrogen functional groups attached to an aromatic ring is 1. The summed E-state index contributed by atoms with van der Waals surface area (Å²) in [4.78, 5) is 8.36. The zero-order valence-electron chi connectivity index (χ0n) is 16.2. The number of morpholine rings is 1. The fraction of sp³-hybridized carbons (Fsp3) is 0.667. The van der Waals surface area contributed by atoms with Gasteiger partial charge in [0.05, 0.1) is 25.0 Å². The molecule has 4 heterocycles. The second-order valence-corrected chi connectivity index (χ2v) is 7.76. The van der Waals surface area contributed by atoms with Crippen molar-refractivity contribution in [1.82, 2.24) is 24.4 Å². The zero-order chi connectivity index (χ0) is 19.8. The topological polar surface area (TPSA) is 122 Å². The smallest absolute Gasteiger partial charge is 0.151 e. The maximum atomic E-state index is 10.7. The molecule has 154 valence electrons. The third-order valence-electron chi connectivity index (χ3n) is 5.50. The number of hydrogen-bond acceptors (Lipinski definition) is 9. The van der Waals surface area contributed by atoms with Crippen LogP contribution in [0.1, 0.15) is 11.8 Å². The minimum Gasteiger partial charge on any atom is -0.388 e. The molecule has 5 atom stereocenters. The number of anilines is 1. The molecule has 1 unspecified atom stereocenters. The molecule has 2 saturated heterocycles. The lowest BCUT2D eigenvalue weighted by Crippen LogP contribution is -2.53. The van der Waals surface area contributed by atoms with Crippen molar-refractivity contribution in [2.45, 2.75) is 30.5 Å². The van der Waals surface area contributed by atoms with Gasteiger partial charge in [0.15, 0.2) is 5.82 Å². The van der Waals surface area contributed by atoms with Gasteiger partial charge in [-0.15, -0.1) is 0 Å². The summed E-state index contributed by atoms with van der Waals surface area (Å²) < 4.78 is 13.3. The van der Waals surface area contributed by atoms with Gasteiger partial charge < -0.3 is 30.3 Å². The minimum atomic E-state index is -1.05. The van der Waals surface area contributed by atoms with Crippen molar-refractivity contribution >= 4 is 11.3 Å². The van der Waals surface area contributed by atoms with Gasteiger partial charge in [0, 0.05) is 25.7 Å². The van der Waals surface area contributed by atoms with Crippen LogP contribution in [0.2, 0.25) is 0 Å². The Balaban J connectivity index is 1.52. The Morgan fingerprint density at radius 3 is 2.89 bits per heavy atom. The quantitative estimate of drug-likeness (QED) is 0.572. The van der Waals surface area contributed by atoms with E-state index in [2.05, 4.69) is 19.9 Å². The van der Waals surface area contributed by atoms with Gasteiger partial charge in [0.2, 0.25) is 0 Å². The average Bonchev–Trinajstić information content (AvgIpc) is 3.20. The molecular weight excluding hydrogens is 364 g/mol. The molecule has 2 aromatic rings. The molecule has 0 saturated carbocycles. The molecule has 2 fully saturated rings. The molecule has 0 amide bonds. The summed E-state index contributed by atoms with van der Waals surface area (Å²) in [6, 6.07) is 3.81. The molecule has 2 aromatic heterocycles. The van der Waals surface area contributed by atoms with Crippen LogP contribution < -0.4 is 5.73 Å². The first-order chi connectivity index (χ1) is 13.5. The predicted molar refractivity (Wildman–Crippen MR) is 102 cm³/mol.